The molecule has 0 saturated carbocycles. The molecule has 10 nitrogen and oxygen atoms in total. The maximum Gasteiger partial charge on any atom is 0.391 e. The van der Waals surface area contributed by atoms with Crippen molar-refractivity contribution in [2.24, 2.45) is 7.05 Å². The number of hydrogen-bond acceptors (Lipinski definition) is 6. The zero-order valence-electron chi connectivity index (χ0n) is 21.5. The minimum absolute atomic E-state index is 0.0581. The number of alkyl halides is 3. The minimum Gasteiger partial charge on any atom is -0.496 e. The number of nitrogens with one attached hydrogen (secondary N) is 1. The number of halogens is 3. The van der Waals surface area contributed by atoms with Gasteiger partial charge in [-0.2, -0.15) is 18.0 Å². The third kappa shape index (κ3) is 5.13. The molecule has 0 bridgehead atoms. The number of rotatable bonds is 7. The van der Waals surface area contributed by atoms with Crippen molar-refractivity contribution in [2.75, 3.05) is 7.11 Å². The molecule has 13 heteroatoms. The van der Waals surface area contributed by atoms with E-state index in [0.29, 0.717) is 41.4 Å². The van der Waals surface area contributed by atoms with Crippen molar-refractivity contribution in [1.82, 2.24) is 30.1 Å². The van der Waals surface area contributed by atoms with Crippen LogP contribution < -0.4 is 10.1 Å². The number of aliphatic carboxylic acids is 1. The number of carboxylic acid groups (broad SMARTS) is 1. The van der Waals surface area contributed by atoms with Crippen LogP contribution in [0.1, 0.15) is 48.8 Å². The molecule has 38 heavy (non-hydrogen) atoms. The summed E-state index contributed by atoms with van der Waals surface area (Å²) in [5, 5.41) is 23.9. The van der Waals surface area contributed by atoms with Crippen LogP contribution in [-0.4, -0.2) is 60.6 Å². The Hall–Kier alpha value is -4.16. The third-order valence-electron chi connectivity index (χ3n) is 6.25. The fourth-order valence-electron chi connectivity index (χ4n) is 4.62. The quantitative estimate of drug-likeness (QED) is 0.474. The molecule has 0 saturated heterocycles. The number of benzene rings is 1. The molecule has 0 radical (unpaired) electrons. The van der Waals surface area contributed by atoms with Crippen LogP contribution in [0.4, 0.5) is 13.2 Å². The number of nitrogens with zero attached hydrogens (tertiary/aromatic N) is 5. The van der Waals surface area contributed by atoms with Crippen LogP contribution in [0.2, 0.25) is 0 Å². The first kappa shape index (κ1) is 26.9. The minimum atomic E-state index is -4.80. The van der Waals surface area contributed by atoms with Gasteiger partial charge in [0.15, 0.2) is 0 Å². The highest BCUT2D eigenvalue weighted by atomic mass is 19.4. The zero-order valence-corrected chi connectivity index (χ0v) is 21.5. The Balaban J connectivity index is 1.86. The first-order valence-electron chi connectivity index (χ1n) is 11.7. The summed E-state index contributed by atoms with van der Waals surface area (Å²) in [4.78, 5) is 26.3. The summed E-state index contributed by atoms with van der Waals surface area (Å²) in [6, 6.07) is 5.27. The Kier molecular flexibility index (Phi) is 6.80. The Bertz CT molecular complexity index is 1450. The van der Waals surface area contributed by atoms with Gasteiger partial charge in [-0.15, -0.1) is 10.2 Å². The van der Waals surface area contributed by atoms with E-state index in [9.17, 15) is 27.9 Å². The number of carboxylic acids is 1. The van der Waals surface area contributed by atoms with E-state index in [-0.39, 0.29) is 5.69 Å². The number of aromatic nitrogens is 5. The first-order chi connectivity index (χ1) is 17.7. The molecule has 0 spiro atoms. The van der Waals surface area contributed by atoms with Crippen LogP contribution in [0, 0.1) is 0 Å². The van der Waals surface area contributed by atoms with Crippen molar-refractivity contribution >= 4 is 18.0 Å². The van der Waals surface area contributed by atoms with Crippen LogP contribution >= 0.6 is 0 Å². The summed E-state index contributed by atoms with van der Waals surface area (Å²) in [5.74, 6) is -1.82. The number of carbonyl (C=O) groups is 2. The number of amides is 1. The molecule has 3 aromatic rings. The lowest BCUT2D eigenvalue weighted by Crippen LogP contribution is -2.54. The fourth-order valence-corrected chi connectivity index (χ4v) is 4.62. The van der Waals surface area contributed by atoms with E-state index < -0.39 is 30.0 Å². The normalized spacial score (nSPS) is 14.2. The highest BCUT2D eigenvalue weighted by molar-refractivity contribution is 5.99. The summed E-state index contributed by atoms with van der Waals surface area (Å²) in [6.45, 7) is 4.94. The molecule has 1 aliphatic rings. The SMILES string of the molecule is COc1cc2c(cc1-c1nnn(C)n1)-c1c(C=C(C)C)cc(C(=O)N[C@@](C)(CC(F)(F)F)C(=O)O)n1CC2. The Morgan fingerprint density at radius 1 is 1.21 bits per heavy atom. The topological polar surface area (TPSA) is 124 Å². The standard InChI is InChI=1S/C25H27F3N6O4/c1-13(2)8-15-9-18(22(35)29-24(3,23(36)37)12-25(26,27)28)34-7-6-14-10-19(38-5)17(11-16(14)20(15)34)21-30-32-33(4)31-21/h8-11H,6-7,12H2,1-5H3,(H,29,35)(H,36,37)/t24-/m0/s1. The lowest BCUT2D eigenvalue weighted by molar-refractivity contribution is -0.167. The van der Waals surface area contributed by atoms with Gasteiger partial charge in [-0.25, -0.2) is 4.79 Å². The van der Waals surface area contributed by atoms with Crippen molar-refractivity contribution in [3.05, 3.63) is 40.6 Å². The summed E-state index contributed by atoms with van der Waals surface area (Å²) >= 11 is 0. The van der Waals surface area contributed by atoms with Crippen LogP contribution in [0.3, 0.4) is 0 Å². The van der Waals surface area contributed by atoms with Crippen LogP contribution in [0.5, 0.6) is 5.75 Å². The van der Waals surface area contributed by atoms with Gasteiger partial charge in [0.05, 0.1) is 31.8 Å². The van der Waals surface area contributed by atoms with Gasteiger partial charge in [-0.1, -0.05) is 11.6 Å². The Labute approximate surface area is 216 Å². The number of tetrazole rings is 1. The van der Waals surface area contributed by atoms with Gasteiger partial charge in [0.2, 0.25) is 5.82 Å². The van der Waals surface area contributed by atoms with Crippen molar-refractivity contribution in [3.8, 4) is 28.4 Å². The number of hydrogen-bond donors (Lipinski definition) is 2. The molecule has 1 atom stereocenters. The van der Waals surface area contributed by atoms with Gasteiger partial charge in [0.25, 0.3) is 5.91 Å². The average Bonchev–Trinajstić information content (AvgIpc) is 3.40. The lowest BCUT2D eigenvalue weighted by atomic mass is 9.93. The number of methoxy groups -OCH3 is 1. The highest BCUT2D eigenvalue weighted by Crippen LogP contribution is 2.41. The number of allylic oxidation sites excluding steroid dienone is 1. The van der Waals surface area contributed by atoms with Crippen LogP contribution in [0.25, 0.3) is 28.7 Å². The van der Waals surface area contributed by atoms with Gasteiger partial charge in [-0.3, -0.25) is 4.79 Å². The smallest absolute Gasteiger partial charge is 0.391 e. The van der Waals surface area contributed by atoms with Crippen molar-refractivity contribution < 1.29 is 32.6 Å². The number of aryl methyl sites for hydroxylation is 2. The third-order valence-corrected chi connectivity index (χ3v) is 6.25. The van der Waals surface area contributed by atoms with Gasteiger partial charge in [0, 0.05) is 17.7 Å². The molecule has 2 N–H and O–H groups in total. The summed E-state index contributed by atoms with van der Waals surface area (Å²) in [6.07, 6.45) is -4.16. The number of fused-ring (bicyclic) bond motifs is 3. The molecule has 3 heterocycles. The molecule has 202 valence electrons. The van der Waals surface area contributed by atoms with E-state index in [1.165, 1.54) is 11.9 Å². The van der Waals surface area contributed by atoms with E-state index in [4.69, 9.17) is 4.74 Å². The summed E-state index contributed by atoms with van der Waals surface area (Å²) in [7, 11) is 3.17. The second-order valence-corrected chi connectivity index (χ2v) is 9.65. The van der Waals surface area contributed by atoms with E-state index in [0.717, 1.165) is 23.6 Å². The molecular formula is C25H27F3N6O4. The molecule has 0 aliphatic carbocycles. The summed E-state index contributed by atoms with van der Waals surface area (Å²) < 4.78 is 46.7. The molecule has 1 amide bonds. The van der Waals surface area contributed by atoms with Gasteiger partial charge >= 0.3 is 12.1 Å². The second-order valence-electron chi connectivity index (χ2n) is 9.65. The molecule has 1 aliphatic heterocycles. The van der Waals surface area contributed by atoms with Crippen molar-refractivity contribution in [3.63, 3.8) is 0 Å². The first-order valence-corrected chi connectivity index (χ1v) is 11.7. The van der Waals surface area contributed by atoms with Gasteiger partial charge < -0.3 is 19.7 Å². The molecule has 2 aromatic heterocycles. The van der Waals surface area contributed by atoms with Gasteiger partial charge in [-0.05, 0) is 56.2 Å². The maximum atomic E-state index is 13.3. The Morgan fingerprint density at radius 2 is 1.92 bits per heavy atom. The van der Waals surface area contributed by atoms with E-state index in [1.54, 1.807) is 17.7 Å². The zero-order chi connectivity index (χ0) is 28.0. The van der Waals surface area contributed by atoms with E-state index in [1.807, 2.05) is 32.1 Å². The lowest BCUT2D eigenvalue weighted by Gasteiger charge is -2.28. The number of carbonyl (C=O) groups excluding carboxylic acids is 1. The van der Waals surface area contributed by atoms with Crippen LogP contribution in [-0.2, 0) is 24.8 Å². The second kappa shape index (κ2) is 9.62. The largest absolute Gasteiger partial charge is 0.496 e. The van der Waals surface area contributed by atoms with Crippen LogP contribution in [0.15, 0.2) is 23.8 Å². The van der Waals surface area contributed by atoms with Gasteiger partial charge in [0.1, 0.15) is 17.0 Å². The van der Waals surface area contributed by atoms with Crippen molar-refractivity contribution in [1.29, 1.82) is 0 Å². The molecule has 4 rings (SSSR count). The highest BCUT2D eigenvalue weighted by Gasteiger charge is 2.46. The van der Waals surface area contributed by atoms with Crippen molar-refractivity contribution in [2.45, 2.75) is 51.9 Å². The number of ether oxygens (including phenoxy) is 1. The Morgan fingerprint density at radius 3 is 2.47 bits per heavy atom. The predicted molar refractivity (Wildman–Crippen MR) is 131 cm³/mol. The molecule has 0 unspecified atom stereocenters. The predicted octanol–water partition coefficient (Wildman–Crippen LogP) is 3.86. The maximum absolute atomic E-state index is 13.3. The monoisotopic (exact) mass is 532 g/mol. The van der Waals surface area contributed by atoms with E-state index in [2.05, 4.69) is 20.7 Å². The fraction of sp³-hybridized carbons (Fsp3) is 0.400. The average molecular weight is 533 g/mol. The molecule has 0 fully saturated rings. The summed E-state index contributed by atoms with van der Waals surface area (Å²) in [5.41, 5.74) is 2.04. The molecular weight excluding hydrogens is 505 g/mol. The molecule has 1 aromatic carbocycles. The van der Waals surface area contributed by atoms with E-state index >= 15 is 0 Å².